The summed E-state index contributed by atoms with van der Waals surface area (Å²) in [5.41, 5.74) is 0.989. The van der Waals surface area contributed by atoms with Crippen molar-refractivity contribution < 1.29 is 0 Å². The van der Waals surface area contributed by atoms with Crippen LogP contribution in [0.3, 0.4) is 0 Å². The van der Waals surface area contributed by atoms with E-state index in [1.165, 1.54) is 0 Å². The van der Waals surface area contributed by atoms with E-state index in [9.17, 15) is 0 Å². The van der Waals surface area contributed by atoms with Gasteiger partial charge < -0.3 is 0 Å². The average molecular weight is 199 g/mol. The summed E-state index contributed by atoms with van der Waals surface area (Å²) in [6, 6.07) is 10.0. The first-order valence-electron chi connectivity index (χ1n) is 5.03. The van der Waals surface area contributed by atoms with Gasteiger partial charge in [0.15, 0.2) is 0 Å². The van der Waals surface area contributed by atoms with Crippen LogP contribution in [-0.4, -0.2) is 4.98 Å². The van der Waals surface area contributed by atoms with E-state index >= 15 is 0 Å². The summed E-state index contributed by atoms with van der Waals surface area (Å²) in [6.45, 7) is 0. The Morgan fingerprint density at radius 3 is 2.27 bits per heavy atom. The van der Waals surface area contributed by atoms with Crippen molar-refractivity contribution in [2.24, 2.45) is 0 Å². The van der Waals surface area contributed by atoms with E-state index in [0.29, 0.717) is 12.8 Å². The quantitative estimate of drug-likeness (QED) is 0.732. The highest BCUT2D eigenvalue weighted by atomic mass is 14.7. The van der Waals surface area contributed by atoms with Crippen LogP contribution in [0.5, 0.6) is 0 Å². The van der Waals surface area contributed by atoms with Gasteiger partial charge in [-0.2, -0.15) is 10.5 Å². The SMILES string of the molecule is N#CCCC(CCC#N)c1ccccn1. The van der Waals surface area contributed by atoms with Gasteiger partial charge >= 0.3 is 0 Å². The lowest BCUT2D eigenvalue weighted by atomic mass is 9.94. The molecule has 0 saturated heterocycles. The third-order valence-corrected chi connectivity index (χ3v) is 2.32. The molecule has 0 N–H and O–H groups in total. The Morgan fingerprint density at radius 2 is 1.80 bits per heavy atom. The van der Waals surface area contributed by atoms with Gasteiger partial charge in [0.2, 0.25) is 0 Å². The second-order valence-corrected chi connectivity index (χ2v) is 3.35. The molecule has 0 aliphatic carbocycles. The molecule has 15 heavy (non-hydrogen) atoms. The first-order chi connectivity index (χ1) is 7.38. The highest BCUT2D eigenvalue weighted by molar-refractivity contribution is 5.10. The molecule has 1 rings (SSSR count). The van der Waals surface area contributed by atoms with Crippen molar-refractivity contribution in [2.75, 3.05) is 0 Å². The monoisotopic (exact) mass is 199 g/mol. The molecule has 0 saturated carbocycles. The van der Waals surface area contributed by atoms with Crippen LogP contribution in [0.15, 0.2) is 24.4 Å². The van der Waals surface area contributed by atoms with E-state index in [4.69, 9.17) is 10.5 Å². The molecule has 3 heteroatoms. The van der Waals surface area contributed by atoms with Crippen molar-refractivity contribution in [3.63, 3.8) is 0 Å². The third-order valence-electron chi connectivity index (χ3n) is 2.32. The van der Waals surface area contributed by atoms with Crippen LogP contribution in [0.25, 0.3) is 0 Å². The van der Waals surface area contributed by atoms with Crippen molar-refractivity contribution in [3.8, 4) is 12.1 Å². The first kappa shape index (κ1) is 11.2. The number of pyridine rings is 1. The Morgan fingerprint density at radius 1 is 1.13 bits per heavy atom. The second kappa shape index (κ2) is 6.56. The molecule has 0 bridgehead atoms. The van der Waals surface area contributed by atoms with Crippen LogP contribution in [0.4, 0.5) is 0 Å². The predicted molar refractivity (Wildman–Crippen MR) is 56.7 cm³/mol. The number of nitriles is 2. The van der Waals surface area contributed by atoms with Crippen molar-refractivity contribution in [3.05, 3.63) is 30.1 Å². The summed E-state index contributed by atoms with van der Waals surface area (Å²) < 4.78 is 0. The van der Waals surface area contributed by atoms with E-state index in [-0.39, 0.29) is 5.92 Å². The molecule has 0 aliphatic heterocycles. The Labute approximate surface area is 90.0 Å². The van der Waals surface area contributed by atoms with E-state index in [2.05, 4.69) is 17.1 Å². The third kappa shape index (κ3) is 3.79. The number of aromatic nitrogens is 1. The zero-order chi connectivity index (χ0) is 10.9. The molecule has 0 spiro atoms. The molecule has 1 heterocycles. The highest BCUT2D eigenvalue weighted by Crippen LogP contribution is 2.23. The van der Waals surface area contributed by atoms with Crippen molar-refractivity contribution in [1.82, 2.24) is 4.98 Å². The first-order valence-corrected chi connectivity index (χ1v) is 5.03. The minimum Gasteiger partial charge on any atom is -0.261 e. The molecule has 0 fully saturated rings. The van der Waals surface area contributed by atoms with Crippen molar-refractivity contribution in [1.29, 1.82) is 10.5 Å². The Kier molecular flexibility index (Phi) is 4.90. The molecule has 0 atom stereocenters. The molecule has 1 aromatic rings. The van der Waals surface area contributed by atoms with Crippen LogP contribution >= 0.6 is 0 Å². The van der Waals surface area contributed by atoms with Gasteiger partial charge in [0, 0.05) is 30.7 Å². The summed E-state index contributed by atoms with van der Waals surface area (Å²) in [5, 5.41) is 17.1. The van der Waals surface area contributed by atoms with Gasteiger partial charge in [0.05, 0.1) is 12.1 Å². The molecular formula is C12H13N3. The van der Waals surface area contributed by atoms with Crippen molar-refractivity contribution in [2.45, 2.75) is 31.6 Å². The molecule has 0 unspecified atom stereocenters. The molecule has 0 aliphatic rings. The summed E-state index contributed by atoms with van der Waals surface area (Å²) >= 11 is 0. The van der Waals surface area contributed by atoms with E-state index in [1.807, 2.05) is 18.2 Å². The largest absolute Gasteiger partial charge is 0.261 e. The van der Waals surface area contributed by atoms with E-state index in [1.54, 1.807) is 6.20 Å². The fourth-order valence-electron chi connectivity index (χ4n) is 1.54. The summed E-state index contributed by atoms with van der Waals surface area (Å²) in [4.78, 5) is 4.27. The van der Waals surface area contributed by atoms with Gasteiger partial charge in [0.25, 0.3) is 0 Å². The minimum atomic E-state index is 0.241. The fraction of sp³-hybridized carbons (Fsp3) is 0.417. The normalized spacial score (nSPS) is 9.53. The maximum absolute atomic E-state index is 8.55. The molecule has 76 valence electrons. The molecule has 1 aromatic heterocycles. The van der Waals surface area contributed by atoms with Gasteiger partial charge in [0.1, 0.15) is 0 Å². The number of nitrogens with zero attached hydrogens (tertiary/aromatic N) is 3. The topological polar surface area (TPSA) is 60.5 Å². The minimum absolute atomic E-state index is 0.241. The molecule has 3 nitrogen and oxygen atoms in total. The van der Waals surface area contributed by atoms with Gasteiger partial charge in [-0.25, -0.2) is 0 Å². The smallest absolute Gasteiger partial charge is 0.0621 e. The Balaban J connectivity index is 2.64. The lowest BCUT2D eigenvalue weighted by Crippen LogP contribution is -2.00. The Bertz CT molecular complexity index is 341. The standard InChI is InChI=1S/C12H13N3/c13-8-3-5-11(6-4-9-14)12-7-1-2-10-15-12/h1-2,7,10-11H,3-6H2. The van der Waals surface area contributed by atoms with E-state index in [0.717, 1.165) is 18.5 Å². The molecule has 0 aromatic carbocycles. The van der Waals surface area contributed by atoms with Gasteiger partial charge in [-0.3, -0.25) is 4.98 Å². The second-order valence-electron chi connectivity index (χ2n) is 3.35. The van der Waals surface area contributed by atoms with Gasteiger partial charge in [-0.05, 0) is 25.0 Å². The zero-order valence-electron chi connectivity index (χ0n) is 8.56. The van der Waals surface area contributed by atoms with Gasteiger partial charge in [-0.1, -0.05) is 6.07 Å². The van der Waals surface area contributed by atoms with Gasteiger partial charge in [-0.15, -0.1) is 0 Å². The fourth-order valence-corrected chi connectivity index (χ4v) is 1.54. The van der Waals surface area contributed by atoms with Crippen LogP contribution in [0, 0.1) is 22.7 Å². The lowest BCUT2D eigenvalue weighted by Gasteiger charge is -2.12. The maximum Gasteiger partial charge on any atom is 0.0621 e. The summed E-state index contributed by atoms with van der Waals surface area (Å²) in [7, 11) is 0. The highest BCUT2D eigenvalue weighted by Gasteiger charge is 2.11. The Hall–Kier alpha value is -1.87. The van der Waals surface area contributed by atoms with Crippen LogP contribution < -0.4 is 0 Å². The summed E-state index contributed by atoms with van der Waals surface area (Å²) in [6.07, 6.45) is 4.37. The van der Waals surface area contributed by atoms with Crippen LogP contribution in [0.1, 0.15) is 37.3 Å². The average Bonchev–Trinajstić information content (AvgIpc) is 2.30. The number of hydrogen-bond donors (Lipinski definition) is 0. The summed E-state index contributed by atoms with van der Waals surface area (Å²) in [5.74, 6) is 0.241. The van der Waals surface area contributed by atoms with Crippen LogP contribution in [0.2, 0.25) is 0 Å². The van der Waals surface area contributed by atoms with Crippen molar-refractivity contribution >= 4 is 0 Å². The zero-order valence-corrected chi connectivity index (χ0v) is 8.56. The molecule has 0 radical (unpaired) electrons. The van der Waals surface area contributed by atoms with E-state index < -0.39 is 0 Å². The number of rotatable bonds is 5. The van der Waals surface area contributed by atoms with Crippen LogP contribution in [-0.2, 0) is 0 Å². The molecular weight excluding hydrogens is 186 g/mol. The predicted octanol–water partition coefficient (Wildman–Crippen LogP) is 2.77. The maximum atomic E-state index is 8.55. The number of hydrogen-bond acceptors (Lipinski definition) is 3. The molecule has 0 amide bonds. The lowest BCUT2D eigenvalue weighted by molar-refractivity contribution is 0.579.